The number of nitriles is 1. The molecule has 1 atom stereocenters. The summed E-state index contributed by atoms with van der Waals surface area (Å²) in [4.78, 5) is 25.8. The molecule has 0 saturated heterocycles. The van der Waals surface area contributed by atoms with E-state index in [0.717, 1.165) is 21.5 Å². The molecular weight excluding hydrogens is 394 g/mol. The highest BCUT2D eigenvalue weighted by atomic mass is 16.3. The van der Waals surface area contributed by atoms with E-state index < -0.39 is 17.5 Å². The van der Waals surface area contributed by atoms with Crippen LogP contribution in [0.3, 0.4) is 0 Å². The molecule has 0 spiro atoms. The fourth-order valence-electron chi connectivity index (χ4n) is 3.57. The van der Waals surface area contributed by atoms with E-state index in [1.807, 2.05) is 37.3 Å². The second-order valence-electron chi connectivity index (χ2n) is 7.55. The molecule has 0 N–H and O–H groups in total. The lowest BCUT2D eigenvalue weighted by molar-refractivity contribution is -0.134. The Morgan fingerprint density at radius 3 is 2.61 bits per heavy atom. The van der Waals surface area contributed by atoms with Gasteiger partial charge in [0.1, 0.15) is 30.0 Å². The van der Waals surface area contributed by atoms with E-state index in [1.165, 1.54) is 5.01 Å². The van der Waals surface area contributed by atoms with Gasteiger partial charge in [0, 0.05) is 6.42 Å². The van der Waals surface area contributed by atoms with Gasteiger partial charge < -0.3 is 4.42 Å². The zero-order valence-electron chi connectivity index (χ0n) is 17.5. The molecule has 0 aliphatic carbocycles. The monoisotopic (exact) mass is 415 g/mol. The van der Waals surface area contributed by atoms with Crippen LogP contribution in [-0.4, -0.2) is 26.4 Å². The highest BCUT2D eigenvalue weighted by Crippen LogP contribution is 2.33. The summed E-state index contributed by atoms with van der Waals surface area (Å²) in [6, 6.07) is 13.0. The Bertz CT molecular complexity index is 1260. The van der Waals surface area contributed by atoms with Gasteiger partial charge in [0.15, 0.2) is 0 Å². The fourth-order valence-corrected chi connectivity index (χ4v) is 3.57. The molecule has 3 aromatic rings. The Morgan fingerprint density at radius 2 is 1.97 bits per heavy atom. The number of carbonyl (C=O) groups is 1. The van der Waals surface area contributed by atoms with Crippen LogP contribution in [0.2, 0.25) is 0 Å². The Labute approximate surface area is 179 Å². The van der Waals surface area contributed by atoms with Gasteiger partial charge in [-0.1, -0.05) is 29.8 Å². The first-order valence-corrected chi connectivity index (χ1v) is 9.87. The summed E-state index contributed by atoms with van der Waals surface area (Å²) in [5.74, 6) is 0.197. The van der Waals surface area contributed by atoms with Gasteiger partial charge in [0.05, 0.1) is 17.7 Å². The van der Waals surface area contributed by atoms with Gasteiger partial charge in [-0.25, -0.2) is 9.69 Å². The van der Waals surface area contributed by atoms with Crippen molar-refractivity contribution in [2.75, 3.05) is 0 Å². The molecule has 1 amide bonds. The minimum Gasteiger partial charge on any atom is -0.467 e. The van der Waals surface area contributed by atoms with Crippen LogP contribution in [0.25, 0.3) is 0 Å². The largest absolute Gasteiger partial charge is 0.467 e. The van der Waals surface area contributed by atoms with Crippen molar-refractivity contribution >= 4 is 11.6 Å². The number of furan rings is 1. The van der Waals surface area contributed by atoms with Gasteiger partial charge in [-0.3, -0.25) is 9.59 Å². The predicted octanol–water partition coefficient (Wildman–Crippen LogP) is 3.01. The maximum Gasteiger partial charge on any atom is 0.285 e. The Morgan fingerprint density at radius 1 is 1.23 bits per heavy atom. The predicted molar refractivity (Wildman–Crippen MR) is 113 cm³/mol. The van der Waals surface area contributed by atoms with Crippen molar-refractivity contribution in [3.8, 4) is 6.07 Å². The first-order chi connectivity index (χ1) is 14.9. The van der Waals surface area contributed by atoms with Crippen LogP contribution in [0.1, 0.15) is 46.2 Å². The molecule has 0 unspecified atom stereocenters. The Balaban J connectivity index is 1.69. The zero-order chi connectivity index (χ0) is 22.1. The summed E-state index contributed by atoms with van der Waals surface area (Å²) in [6.07, 6.45) is 2.04. The number of benzene rings is 1. The highest BCUT2D eigenvalue weighted by molar-refractivity contribution is 6.03. The summed E-state index contributed by atoms with van der Waals surface area (Å²) in [7, 11) is 0. The maximum atomic E-state index is 13.2. The number of aromatic nitrogens is 2. The molecule has 8 heteroatoms. The van der Waals surface area contributed by atoms with Crippen LogP contribution in [0, 0.1) is 32.1 Å². The smallest absolute Gasteiger partial charge is 0.285 e. The summed E-state index contributed by atoms with van der Waals surface area (Å²) in [5.41, 5.74) is 3.26. The Kier molecular flexibility index (Phi) is 5.26. The molecule has 2 aromatic heterocycles. The molecule has 156 valence electrons. The van der Waals surface area contributed by atoms with Crippen molar-refractivity contribution in [3.05, 3.63) is 86.7 Å². The third-order valence-electron chi connectivity index (χ3n) is 5.46. The van der Waals surface area contributed by atoms with E-state index in [4.69, 9.17) is 4.42 Å². The van der Waals surface area contributed by atoms with E-state index in [0.29, 0.717) is 23.4 Å². The number of amides is 1. The van der Waals surface area contributed by atoms with Crippen molar-refractivity contribution in [1.82, 2.24) is 14.8 Å². The molecule has 1 aliphatic rings. The molecule has 0 fully saturated rings. The van der Waals surface area contributed by atoms with Crippen LogP contribution in [0.4, 0.5) is 0 Å². The number of carbonyl (C=O) groups excluding carboxylic acids is 1. The minimum absolute atomic E-state index is 0.00634. The molecule has 1 aromatic carbocycles. The summed E-state index contributed by atoms with van der Waals surface area (Å²) >= 11 is 0. The van der Waals surface area contributed by atoms with Crippen molar-refractivity contribution in [3.63, 3.8) is 0 Å². The summed E-state index contributed by atoms with van der Waals surface area (Å²) in [6.45, 7) is 5.05. The lowest BCUT2D eigenvalue weighted by Gasteiger charge is -2.20. The molecule has 3 heterocycles. The molecular formula is C23H21N5O3. The number of aryl methyl sites for hydroxylation is 2. The average Bonchev–Trinajstić information content (AvgIpc) is 3.43. The van der Waals surface area contributed by atoms with E-state index in [1.54, 1.807) is 32.2 Å². The lowest BCUT2D eigenvalue weighted by Crippen LogP contribution is -2.36. The van der Waals surface area contributed by atoms with E-state index in [9.17, 15) is 14.9 Å². The number of hydrazone groups is 1. The molecule has 0 bridgehead atoms. The van der Waals surface area contributed by atoms with Crippen LogP contribution in [0.15, 0.2) is 57.0 Å². The SMILES string of the molecule is Cc1ccc(C2=NN(C(=O)Cn3nc(C)c(C)c(C#N)c3=O)[C@@H](c3ccco3)C2)cc1. The highest BCUT2D eigenvalue weighted by Gasteiger charge is 2.35. The topological polar surface area (TPSA) is 104 Å². The standard InChI is InChI=1S/C23H21N5O3/c1-14-6-8-17(9-7-14)19-11-20(21-5-4-10-31-21)28(26-19)22(29)13-27-23(30)18(12-24)15(2)16(3)25-27/h4-10,20H,11,13H2,1-3H3/t20-/m1/s1. The van der Waals surface area contributed by atoms with Crippen molar-refractivity contribution in [1.29, 1.82) is 5.26 Å². The van der Waals surface area contributed by atoms with Crippen LogP contribution in [0.5, 0.6) is 0 Å². The van der Waals surface area contributed by atoms with Gasteiger partial charge in [-0.2, -0.15) is 15.5 Å². The van der Waals surface area contributed by atoms with Gasteiger partial charge in [-0.05, 0) is 44.0 Å². The average molecular weight is 415 g/mol. The lowest BCUT2D eigenvalue weighted by atomic mass is 10.0. The first kappa shape index (κ1) is 20.3. The third kappa shape index (κ3) is 3.78. The molecule has 31 heavy (non-hydrogen) atoms. The second-order valence-corrected chi connectivity index (χ2v) is 7.55. The number of hydrogen-bond donors (Lipinski definition) is 0. The van der Waals surface area contributed by atoms with Crippen molar-refractivity contribution < 1.29 is 9.21 Å². The first-order valence-electron chi connectivity index (χ1n) is 9.87. The molecule has 0 saturated carbocycles. The molecule has 8 nitrogen and oxygen atoms in total. The molecule has 4 rings (SSSR count). The Hall–Kier alpha value is -3.99. The van der Waals surface area contributed by atoms with Crippen molar-refractivity contribution in [2.24, 2.45) is 5.10 Å². The normalized spacial score (nSPS) is 15.6. The van der Waals surface area contributed by atoms with Gasteiger partial charge in [0.25, 0.3) is 11.5 Å². The maximum absolute atomic E-state index is 13.2. The van der Waals surface area contributed by atoms with E-state index >= 15 is 0 Å². The van der Waals surface area contributed by atoms with Crippen LogP contribution < -0.4 is 5.56 Å². The fraction of sp³-hybridized carbons (Fsp3) is 0.261. The quantitative estimate of drug-likeness (QED) is 0.651. The second kappa shape index (κ2) is 8.03. The zero-order valence-corrected chi connectivity index (χ0v) is 17.5. The number of hydrogen-bond acceptors (Lipinski definition) is 6. The van der Waals surface area contributed by atoms with Gasteiger partial charge in [-0.15, -0.1) is 0 Å². The van der Waals surface area contributed by atoms with E-state index in [-0.39, 0.29) is 12.1 Å². The van der Waals surface area contributed by atoms with Gasteiger partial charge in [0.2, 0.25) is 0 Å². The minimum atomic E-state index is -0.588. The number of nitrogens with zero attached hydrogens (tertiary/aromatic N) is 5. The summed E-state index contributed by atoms with van der Waals surface area (Å²) < 4.78 is 6.58. The molecule has 0 radical (unpaired) electrons. The van der Waals surface area contributed by atoms with Crippen LogP contribution >= 0.6 is 0 Å². The third-order valence-corrected chi connectivity index (χ3v) is 5.46. The summed E-state index contributed by atoms with van der Waals surface area (Å²) in [5, 5.41) is 19.4. The molecule has 1 aliphatic heterocycles. The van der Waals surface area contributed by atoms with Crippen molar-refractivity contribution in [2.45, 2.75) is 39.8 Å². The van der Waals surface area contributed by atoms with Crippen LogP contribution in [-0.2, 0) is 11.3 Å². The number of rotatable bonds is 4. The van der Waals surface area contributed by atoms with Gasteiger partial charge >= 0.3 is 0 Å². The van der Waals surface area contributed by atoms with E-state index in [2.05, 4.69) is 10.2 Å².